The van der Waals surface area contributed by atoms with E-state index in [1.54, 1.807) is 0 Å². The van der Waals surface area contributed by atoms with Crippen LogP contribution in [0, 0.1) is 0 Å². The molecule has 1 aromatic heterocycles. The number of pyridine rings is 1. The average Bonchev–Trinajstić information content (AvgIpc) is 2.92. The van der Waals surface area contributed by atoms with Crippen molar-refractivity contribution in [1.82, 2.24) is 15.4 Å². The number of hydrogen-bond donors (Lipinski definition) is 2. The standard InChI is InChI=1S/C22H28N4/c1-3-5-13-24-21-8-6-18(7-9-21)20-12-16-25-26(4-2)22(17-20)19-10-14-23-15-11-19/h6-12,14-15,17,24-25H,3-5,13,16H2,1-2H3. The first-order valence-corrected chi connectivity index (χ1v) is 9.49. The number of nitrogens with zero attached hydrogens (tertiary/aromatic N) is 2. The summed E-state index contributed by atoms with van der Waals surface area (Å²) in [5.41, 5.74) is 9.47. The number of nitrogens with one attached hydrogen (secondary N) is 2. The van der Waals surface area contributed by atoms with Crippen LogP contribution in [-0.4, -0.2) is 29.6 Å². The molecule has 0 spiro atoms. The number of hydrazine groups is 1. The van der Waals surface area contributed by atoms with Gasteiger partial charge in [-0.25, -0.2) is 5.43 Å². The fourth-order valence-corrected chi connectivity index (χ4v) is 3.07. The van der Waals surface area contributed by atoms with Gasteiger partial charge in [-0.1, -0.05) is 31.6 Å². The molecule has 0 fully saturated rings. The largest absolute Gasteiger partial charge is 0.385 e. The normalized spacial score (nSPS) is 14.5. The summed E-state index contributed by atoms with van der Waals surface area (Å²) in [5.74, 6) is 0. The molecule has 136 valence electrons. The van der Waals surface area contributed by atoms with Gasteiger partial charge in [0.05, 0.1) is 5.70 Å². The molecule has 0 aliphatic carbocycles. The van der Waals surface area contributed by atoms with Crippen molar-refractivity contribution >= 4 is 17.0 Å². The van der Waals surface area contributed by atoms with Crippen LogP contribution in [0.3, 0.4) is 0 Å². The first-order chi connectivity index (χ1) is 12.8. The second-order valence-corrected chi connectivity index (χ2v) is 6.39. The van der Waals surface area contributed by atoms with Gasteiger partial charge < -0.3 is 10.3 Å². The summed E-state index contributed by atoms with van der Waals surface area (Å²) in [4.78, 5) is 4.14. The minimum absolute atomic E-state index is 0.810. The third-order valence-electron chi connectivity index (χ3n) is 4.56. The van der Waals surface area contributed by atoms with Crippen molar-refractivity contribution in [3.63, 3.8) is 0 Å². The van der Waals surface area contributed by atoms with Crippen molar-refractivity contribution in [3.05, 3.63) is 72.1 Å². The Morgan fingerprint density at radius 1 is 1.04 bits per heavy atom. The van der Waals surface area contributed by atoms with E-state index in [2.05, 4.69) is 83.1 Å². The van der Waals surface area contributed by atoms with Crippen LogP contribution in [0.15, 0.2) is 60.9 Å². The van der Waals surface area contributed by atoms with Crippen LogP contribution in [0.1, 0.15) is 37.8 Å². The average molecular weight is 348 g/mol. The Morgan fingerprint density at radius 2 is 1.81 bits per heavy atom. The fraction of sp³-hybridized carbons (Fsp3) is 0.318. The van der Waals surface area contributed by atoms with Crippen LogP contribution in [0.2, 0.25) is 0 Å². The van der Waals surface area contributed by atoms with Crippen LogP contribution in [0.25, 0.3) is 11.3 Å². The second kappa shape index (κ2) is 9.20. The van der Waals surface area contributed by atoms with Crippen molar-refractivity contribution in [3.8, 4) is 0 Å². The number of unbranched alkanes of at least 4 members (excludes halogenated alkanes) is 1. The Bertz CT molecular complexity index is 747. The minimum atomic E-state index is 0.810. The van der Waals surface area contributed by atoms with Crippen molar-refractivity contribution < 1.29 is 0 Å². The lowest BCUT2D eigenvalue weighted by Crippen LogP contribution is -2.35. The zero-order valence-corrected chi connectivity index (χ0v) is 15.7. The van der Waals surface area contributed by atoms with Gasteiger partial charge >= 0.3 is 0 Å². The van der Waals surface area contributed by atoms with Gasteiger partial charge in [0.25, 0.3) is 0 Å². The van der Waals surface area contributed by atoms with E-state index in [-0.39, 0.29) is 0 Å². The number of hydrogen-bond acceptors (Lipinski definition) is 4. The Balaban J connectivity index is 1.85. The molecule has 0 bridgehead atoms. The molecule has 4 heteroatoms. The lowest BCUT2D eigenvalue weighted by molar-refractivity contribution is 0.321. The number of anilines is 1. The summed E-state index contributed by atoms with van der Waals surface area (Å²) < 4.78 is 0. The zero-order chi connectivity index (χ0) is 18.2. The third kappa shape index (κ3) is 4.52. The van der Waals surface area contributed by atoms with Gasteiger partial charge in [-0.3, -0.25) is 4.98 Å². The van der Waals surface area contributed by atoms with Gasteiger partial charge in [0, 0.05) is 43.3 Å². The van der Waals surface area contributed by atoms with Gasteiger partial charge in [-0.2, -0.15) is 0 Å². The molecule has 2 heterocycles. The summed E-state index contributed by atoms with van der Waals surface area (Å²) in [5, 5.41) is 5.67. The molecule has 2 aromatic rings. The van der Waals surface area contributed by atoms with Gasteiger partial charge in [0.2, 0.25) is 0 Å². The summed E-state index contributed by atoms with van der Waals surface area (Å²) in [7, 11) is 0. The summed E-state index contributed by atoms with van der Waals surface area (Å²) in [6.45, 7) is 7.10. The van der Waals surface area contributed by atoms with E-state index in [0.717, 1.165) is 19.6 Å². The van der Waals surface area contributed by atoms with Crippen LogP contribution < -0.4 is 10.7 Å². The second-order valence-electron chi connectivity index (χ2n) is 6.39. The Labute approximate surface area is 156 Å². The number of benzene rings is 1. The smallest absolute Gasteiger partial charge is 0.0599 e. The van der Waals surface area contributed by atoms with Crippen molar-refractivity contribution in [2.45, 2.75) is 26.7 Å². The van der Waals surface area contributed by atoms with E-state index in [1.165, 1.54) is 40.9 Å². The van der Waals surface area contributed by atoms with Crippen molar-refractivity contribution in [2.24, 2.45) is 0 Å². The lowest BCUT2D eigenvalue weighted by Gasteiger charge is -2.25. The maximum atomic E-state index is 4.14. The Kier molecular flexibility index (Phi) is 6.45. The molecule has 0 saturated heterocycles. The first-order valence-electron chi connectivity index (χ1n) is 9.49. The predicted molar refractivity (Wildman–Crippen MR) is 110 cm³/mol. The Hall–Kier alpha value is -2.59. The summed E-state index contributed by atoms with van der Waals surface area (Å²) in [6, 6.07) is 12.8. The molecule has 0 atom stereocenters. The monoisotopic (exact) mass is 348 g/mol. The molecule has 0 amide bonds. The van der Waals surface area contributed by atoms with E-state index >= 15 is 0 Å². The SMILES string of the molecule is CCCCNc1ccc(C2=CCNN(CC)C(c3ccncc3)=C2)cc1. The zero-order valence-electron chi connectivity index (χ0n) is 15.7. The van der Waals surface area contributed by atoms with Gasteiger partial charge in [0.15, 0.2) is 0 Å². The predicted octanol–water partition coefficient (Wildman–Crippen LogP) is 4.56. The highest BCUT2D eigenvalue weighted by atomic mass is 15.5. The topological polar surface area (TPSA) is 40.2 Å². The maximum absolute atomic E-state index is 4.14. The van der Waals surface area contributed by atoms with E-state index < -0.39 is 0 Å². The van der Waals surface area contributed by atoms with Crippen molar-refractivity contribution in [1.29, 1.82) is 0 Å². The molecule has 0 unspecified atom stereocenters. The van der Waals surface area contributed by atoms with E-state index in [9.17, 15) is 0 Å². The minimum Gasteiger partial charge on any atom is -0.385 e. The quantitative estimate of drug-likeness (QED) is 0.720. The summed E-state index contributed by atoms with van der Waals surface area (Å²) in [6.07, 6.45) is 10.6. The molecule has 3 rings (SSSR count). The van der Waals surface area contributed by atoms with E-state index in [1.807, 2.05) is 12.4 Å². The molecule has 4 nitrogen and oxygen atoms in total. The van der Waals surface area contributed by atoms with E-state index in [0.29, 0.717) is 0 Å². The number of allylic oxidation sites excluding steroid dienone is 2. The number of rotatable bonds is 7. The van der Waals surface area contributed by atoms with Crippen molar-refractivity contribution in [2.75, 3.05) is 25.0 Å². The van der Waals surface area contributed by atoms with Crippen LogP contribution in [0.4, 0.5) is 5.69 Å². The molecule has 1 aliphatic rings. The molecule has 2 N–H and O–H groups in total. The molecular formula is C22H28N4. The number of aromatic nitrogens is 1. The first kappa shape index (κ1) is 18.2. The lowest BCUT2D eigenvalue weighted by atomic mass is 10.0. The van der Waals surface area contributed by atoms with Gasteiger partial charge in [-0.05, 0) is 54.8 Å². The molecule has 0 saturated carbocycles. The van der Waals surface area contributed by atoms with Crippen LogP contribution >= 0.6 is 0 Å². The Morgan fingerprint density at radius 3 is 2.50 bits per heavy atom. The van der Waals surface area contributed by atoms with Gasteiger partial charge in [-0.15, -0.1) is 0 Å². The third-order valence-corrected chi connectivity index (χ3v) is 4.56. The highest BCUT2D eigenvalue weighted by molar-refractivity contribution is 5.84. The highest BCUT2D eigenvalue weighted by Crippen LogP contribution is 2.26. The molecule has 1 aromatic carbocycles. The van der Waals surface area contributed by atoms with Crippen LogP contribution in [0.5, 0.6) is 0 Å². The molecule has 1 aliphatic heterocycles. The van der Waals surface area contributed by atoms with Gasteiger partial charge in [0.1, 0.15) is 0 Å². The molecular weight excluding hydrogens is 320 g/mol. The fourth-order valence-electron chi connectivity index (χ4n) is 3.07. The molecule has 26 heavy (non-hydrogen) atoms. The summed E-state index contributed by atoms with van der Waals surface area (Å²) >= 11 is 0. The van der Waals surface area contributed by atoms with E-state index in [4.69, 9.17) is 0 Å². The maximum Gasteiger partial charge on any atom is 0.0599 e. The molecule has 0 radical (unpaired) electrons. The highest BCUT2D eigenvalue weighted by Gasteiger charge is 2.14. The van der Waals surface area contributed by atoms with Crippen LogP contribution in [-0.2, 0) is 0 Å².